The van der Waals surface area contributed by atoms with Crippen molar-refractivity contribution in [1.29, 1.82) is 0 Å². The van der Waals surface area contributed by atoms with Gasteiger partial charge in [0.15, 0.2) is 0 Å². The Hall–Kier alpha value is -5.95. The third-order valence-electron chi connectivity index (χ3n) is 9.49. The maximum Gasteiger partial charge on any atom is 0.137 e. The van der Waals surface area contributed by atoms with Gasteiger partial charge in [-0.15, -0.1) is 22.7 Å². The van der Waals surface area contributed by atoms with E-state index in [0.29, 0.717) is 0 Å². The highest BCUT2D eigenvalue weighted by Crippen LogP contribution is 2.45. The van der Waals surface area contributed by atoms with Gasteiger partial charge in [0.2, 0.25) is 0 Å². The summed E-state index contributed by atoms with van der Waals surface area (Å²) in [6, 6.07) is 51.3. The van der Waals surface area contributed by atoms with Crippen LogP contribution in [0, 0.1) is 0 Å². The highest BCUT2D eigenvalue weighted by atomic mass is 32.1. The molecule has 49 heavy (non-hydrogen) atoms. The SMILES string of the molecule is c1ccc(-c2nc3c(ccc4oc5ccc(N(c6ccc7c(c6)oc6ccccc67)c6ccc7sc8ccccc8c7c6)cc5c43)s2)cc1. The molecule has 0 saturated heterocycles. The second-order valence-corrected chi connectivity index (χ2v) is 14.5. The van der Waals surface area contributed by atoms with Gasteiger partial charge in [-0.05, 0) is 72.8 Å². The molecule has 0 bridgehead atoms. The molecular weight excluding hydrogens is 641 g/mol. The molecule has 0 aliphatic carbocycles. The van der Waals surface area contributed by atoms with Crippen molar-refractivity contribution in [3.05, 3.63) is 146 Å². The van der Waals surface area contributed by atoms with Gasteiger partial charge in [-0.25, -0.2) is 4.98 Å². The van der Waals surface area contributed by atoms with Crippen molar-refractivity contribution in [1.82, 2.24) is 4.98 Å². The molecule has 0 aliphatic rings. The van der Waals surface area contributed by atoms with E-state index in [1.165, 1.54) is 20.2 Å². The number of aromatic nitrogens is 1. The van der Waals surface area contributed by atoms with Gasteiger partial charge in [-0.2, -0.15) is 0 Å². The highest BCUT2D eigenvalue weighted by Gasteiger charge is 2.20. The molecule has 0 saturated carbocycles. The number of benzene rings is 7. The first-order valence-corrected chi connectivity index (χ1v) is 17.8. The number of hydrogen-bond acceptors (Lipinski definition) is 6. The van der Waals surface area contributed by atoms with Crippen molar-refractivity contribution < 1.29 is 8.83 Å². The first-order chi connectivity index (χ1) is 24.2. The van der Waals surface area contributed by atoms with E-state index in [9.17, 15) is 0 Å². The van der Waals surface area contributed by atoms with E-state index in [4.69, 9.17) is 13.8 Å². The summed E-state index contributed by atoms with van der Waals surface area (Å²) in [5, 5.41) is 7.84. The second-order valence-electron chi connectivity index (χ2n) is 12.3. The number of thiophene rings is 1. The van der Waals surface area contributed by atoms with E-state index in [-0.39, 0.29) is 0 Å². The molecule has 0 fully saturated rings. The second kappa shape index (κ2) is 10.3. The smallest absolute Gasteiger partial charge is 0.137 e. The van der Waals surface area contributed by atoms with Gasteiger partial charge in [0, 0.05) is 65.0 Å². The van der Waals surface area contributed by atoms with Crippen LogP contribution >= 0.6 is 22.7 Å². The molecule has 11 aromatic rings. The number of fused-ring (bicyclic) bond motifs is 11. The molecule has 6 heteroatoms. The predicted molar refractivity (Wildman–Crippen MR) is 207 cm³/mol. The Balaban J connectivity index is 1.16. The average Bonchev–Trinajstić information content (AvgIpc) is 3.92. The van der Waals surface area contributed by atoms with Gasteiger partial charge in [0.1, 0.15) is 27.3 Å². The summed E-state index contributed by atoms with van der Waals surface area (Å²) in [5.74, 6) is 0. The van der Waals surface area contributed by atoms with Crippen molar-refractivity contribution in [3.8, 4) is 10.6 Å². The third kappa shape index (κ3) is 4.11. The van der Waals surface area contributed by atoms with Gasteiger partial charge in [0.05, 0.1) is 15.6 Å². The lowest BCUT2D eigenvalue weighted by molar-refractivity contribution is 0.668. The van der Waals surface area contributed by atoms with Crippen LogP contribution in [0.1, 0.15) is 0 Å². The Kier molecular flexibility index (Phi) is 5.67. The maximum atomic E-state index is 6.44. The predicted octanol–water partition coefficient (Wildman–Crippen LogP) is 13.6. The minimum atomic E-state index is 0.839. The van der Waals surface area contributed by atoms with Gasteiger partial charge >= 0.3 is 0 Å². The fourth-order valence-electron chi connectivity index (χ4n) is 7.24. The molecule has 11 rings (SSSR count). The van der Waals surface area contributed by atoms with Crippen molar-refractivity contribution >= 4 is 114 Å². The van der Waals surface area contributed by atoms with E-state index >= 15 is 0 Å². The fraction of sp³-hybridized carbons (Fsp3) is 0. The minimum absolute atomic E-state index is 0.839. The summed E-state index contributed by atoms with van der Waals surface area (Å²) < 4.78 is 16.5. The van der Waals surface area contributed by atoms with Crippen LogP contribution in [0.5, 0.6) is 0 Å². The zero-order chi connectivity index (χ0) is 32.1. The lowest BCUT2D eigenvalue weighted by Gasteiger charge is -2.25. The largest absolute Gasteiger partial charge is 0.456 e. The molecule has 0 N–H and O–H groups in total. The molecule has 230 valence electrons. The lowest BCUT2D eigenvalue weighted by atomic mass is 10.1. The van der Waals surface area contributed by atoms with Crippen molar-refractivity contribution in [2.75, 3.05) is 4.90 Å². The monoisotopic (exact) mass is 664 g/mol. The number of furan rings is 2. The maximum absolute atomic E-state index is 6.44. The third-order valence-corrected chi connectivity index (χ3v) is 11.7. The molecule has 4 heterocycles. The number of rotatable bonds is 4. The summed E-state index contributed by atoms with van der Waals surface area (Å²) in [4.78, 5) is 7.50. The van der Waals surface area contributed by atoms with Crippen molar-refractivity contribution in [2.24, 2.45) is 0 Å². The Morgan fingerprint density at radius 1 is 0.429 bits per heavy atom. The molecule has 0 aliphatic heterocycles. The summed E-state index contributed by atoms with van der Waals surface area (Å²) in [5.41, 5.74) is 8.64. The van der Waals surface area contributed by atoms with E-state index in [1.807, 2.05) is 29.5 Å². The fourth-order valence-corrected chi connectivity index (χ4v) is 9.30. The zero-order valence-corrected chi connectivity index (χ0v) is 27.5. The summed E-state index contributed by atoms with van der Waals surface area (Å²) in [7, 11) is 0. The number of para-hydroxylation sites is 1. The molecule has 0 radical (unpaired) electrons. The van der Waals surface area contributed by atoms with E-state index in [2.05, 4.69) is 132 Å². The van der Waals surface area contributed by atoms with Crippen LogP contribution in [-0.4, -0.2) is 4.98 Å². The summed E-state index contributed by atoms with van der Waals surface area (Å²) >= 11 is 3.55. The molecule has 0 unspecified atom stereocenters. The number of hydrogen-bond donors (Lipinski definition) is 0. The topological polar surface area (TPSA) is 42.4 Å². The van der Waals surface area contributed by atoms with Crippen LogP contribution in [0.25, 0.3) is 84.8 Å². The minimum Gasteiger partial charge on any atom is -0.456 e. The van der Waals surface area contributed by atoms with E-state index in [0.717, 1.165) is 81.7 Å². The standard InChI is InChI=1S/C43H24N2O2S2/c1-2-8-25(9-3-1)43-44-42-40(49-43)21-19-36-41(42)33-23-26(15-18-35(33)46-36)45(27-16-20-39-32(22-27)31-11-5-7-13-38(31)48-39)28-14-17-30-29-10-4-6-12-34(29)47-37(30)24-28/h1-24H. The molecular formula is C43H24N2O2S2. The van der Waals surface area contributed by atoms with Crippen LogP contribution in [0.3, 0.4) is 0 Å². The molecule has 0 amide bonds. The van der Waals surface area contributed by atoms with Crippen LogP contribution in [0.15, 0.2) is 154 Å². The zero-order valence-electron chi connectivity index (χ0n) is 25.9. The van der Waals surface area contributed by atoms with Crippen LogP contribution < -0.4 is 4.90 Å². The number of anilines is 3. The van der Waals surface area contributed by atoms with Crippen LogP contribution in [0.4, 0.5) is 17.1 Å². The van der Waals surface area contributed by atoms with Crippen molar-refractivity contribution in [2.45, 2.75) is 0 Å². The number of thiazole rings is 1. The number of nitrogens with zero attached hydrogens (tertiary/aromatic N) is 2. The van der Waals surface area contributed by atoms with Gasteiger partial charge < -0.3 is 13.7 Å². The highest BCUT2D eigenvalue weighted by molar-refractivity contribution is 7.25. The molecule has 4 aromatic heterocycles. The summed E-state index contributed by atoms with van der Waals surface area (Å²) in [6.07, 6.45) is 0. The first-order valence-electron chi connectivity index (χ1n) is 16.2. The Morgan fingerprint density at radius 2 is 1.06 bits per heavy atom. The first kappa shape index (κ1) is 27.0. The molecule has 0 atom stereocenters. The Bertz CT molecular complexity index is 3080. The lowest BCUT2D eigenvalue weighted by Crippen LogP contribution is -2.09. The molecule has 4 nitrogen and oxygen atoms in total. The van der Waals surface area contributed by atoms with Gasteiger partial charge in [-0.1, -0.05) is 66.7 Å². The van der Waals surface area contributed by atoms with Crippen LogP contribution in [-0.2, 0) is 0 Å². The normalized spacial score (nSPS) is 12.1. The van der Waals surface area contributed by atoms with Gasteiger partial charge in [-0.3, -0.25) is 0 Å². The Morgan fingerprint density at radius 3 is 1.98 bits per heavy atom. The summed E-state index contributed by atoms with van der Waals surface area (Å²) in [6.45, 7) is 0. The van der Waals surface area contributed by atoms with Gasteiger partial charge in [0.25, 0.3) is 0 Å². The molecule has 0 spiro atoms. The molecule has 7 aromatic carbocycles. The average molecular weight is 665 g/mol. The Labute approximate surface area is 287 Å². The van der Waals surface area contributed by atoms with Crippen molar-refractivity contribution in [3.63, 3.8) is 0 Å². The van der Waals surface area contributed by atoms with E-state index in [1.54, 1.807) is 11.3 Å². The quantitative estimate of drug-likeness (QED) is 0.188. The van der Waals surface area contributed by atoms with E-state index < -0.39 is 0 Å². The van der Waals surface area contributed by atoms with Crippen LogP contribution in [0.2, 0.25) is 0 Å².